The van der Waals surface area contributed by atoms with Gasteiger partial charge in [-0.3, -0.25) is 4.79 Å². The fourth-order valence-electron chi connectivity index (χ4n) is 2.01. The van der Waals surface area contributed by atoms with E-state index in [1.165, 1.54) is 12.1 Å². The Labute approximate surface area is 150 Å². The van der Waals surface area contributed by atoms with E-state index in [0.717, 1.165) is 6.42 Å². The molecule has 0 heterocycles. The van der Waals surface area contributed by atoms with E-state index < -0.39 is 11.4 Å². The van der Waals surface area contributed by atoms with Gasteiger partial charge in [0.1, 0.15) is 5.82 Å². The van der Waals surface area contributed by atoms with E-state index in [1.807, 2.05) is 0 Å². The van der Waals surface area contributed by atoms with Crippen LogP contribution in [0.5, 0.6) is 0 Å². The summed E-state index contributed by atoms with van der Waals surface area (Å²) >= 11 is 3.22. The van der Waals surface area contributed by atoms with E-state index in [-0.39, 0.29) is 62.7 Å². The molecule has 0 bridgehead atoms. The number of carboxylic acid groups (broad SMARTS) is 1. The van der Waals surface area contributed by atoms with Crippen molar-refractivity contribution in [3.05, 3.63) is 34.1 Å². The summed E-state index contributed by atoms with van der Waals surface area (Å²) in [6, 6.07) is 4.19. The largest absolute Gasteiger partial charge is 1.00 e. The molecule has 2 N–H and O–H groups in total. The van der Waals surface area contributed by atoms with Crippen LogP contribution >= 0.6 is 15.9 Å². The van der Waals surface area contributed by atoms with Crippen LogP contribution in [0, 0.1) is 5.82 Å². The van der Waals surface area contributed by atoms with Gasteiger partial charge < -0.3 is 10.6 Å². The Kier molecular flexibility index (Phi) is 7.02. The van der Waals surface area contributed by atoms with Crippen molar-refractivity contribution in [1.29, 1.82) is 0 Å². The van der Waals surface area contributed by atoms with Gasteiger partial charge in [-0.25, -0.2) is 4.39 Å². The number of hydrogen-bond donors (Lipinski definition) is 1. The molecule has 0 unspecified atom stereocenters. The minimum absolute atomic E-state index is 0. The Hall–Kier alpha value is 0.696. The summed E-state index contributed by atoms with van der Waals surface area (Å²) in [6.07, 6.45) is 2.18. The molecule has 88 valence electrons. The van der Waals surface area contributed by atoms with Gasteiger partial charge in [0.25, 0.3) is 0 Å². The summed E-state index contributed by atoms with van der Waals surface area (Å²) < 4.78 is 13.4. The predicted octanol–water partition coefficient (Wildman–Crippen LogP) is -0.0783. The summed E-state index contributed by atoms with van der Waals surface area (Å²) in [5.74, 6) is -1.17. The van der Waals surface area contributed by atoms with Crippen molar-refractivity contribution in [2.75, 3.05) is 0 Å². The molecule has 1 aliphatic rings. The predicted molar refractivity (Wildman–Crippen MR) is 59.2 cm³/mol. The molecule has 0 spiro atoms. The molecule has 0 amide bonds. The summed E-state index contributed by atoms with van der Waals surface area (Å²) in [6.45, 7) is 0. The monoisotopic (exact) mass is 328 g/mol. The van der Waals surface area contributed by atoms with Crippen LogP contribution in [0.25, 0.3) is 0 Å². The molecule has 2 rings (SSSR count). The zero-order chi connectivity index (χ0) is 11.1. The Morgan fingerprint density at radius 2 is 2.00 bits per heavy atom. The van der Waals surface area contributed by atoms with Gasteiger partial charge in [-0.1, -0.05) is 28.4 Å². The van der Waals surface area contributed by atoms with Gasteiger partial charge in [0.15, 0.2) is 0 Å². The van der Waals surface area contributed by atoms with E-state index in [2.05, 4.69) is 15.9 Å². The summed E-state index contributed by atoms with van der Waals surface area (Å²) in [5.41, 5.74) is -0.116. The Morgan fingerprint density at radius 3 is 2.35 bits per heavy atom. The molecule has 0 saturated heterocycles. The molecule has 1 saturated carbocycles. The first-order chi connectivity index (χ1) is 7.06. The summed E-state index contributed by atoms with van der Waals surface area (Å²) in [4.78, 5) is 11.2. The fraction of sp³-hybridized carbons (Fsp3) is 0.364. The molecular formula is C11H11BrFKO3. The third kappa shape index (κ3) is 3.18. The number of aliphatic carboxylic acids is 1. The fourth-order valence-corrected chi connectivity index (χ4v) is 2.74. The first-order valence-corrected chi connectivity index (χ1v) is 5.54. The van der Waals surface area contributed by atoms with Crippen molar-refractivity contribution in [2.24, 2.45) is 0 Å². The minimum atomic E-state index is -0.818. The minimum Gasteiger partial charge on any atom is -0.870 e. The van der Waals surface area contributed by atoms with Crippen LogP contribution in [0.15, 0.2) is 22.7 Å². The van der Waals surface area contributed by atoms with Crippen molar-refractivity contribution in [3.63, 3.8) is 0 Å². The van der Waals surface area contributed by atoms with Gasteiger partial charge in [-0.15, -0.1) is 0 Å². The number of carbonyl (C=O) groups is 1. The normalized spacial score (nSPS) is 16.1. The van der Waals surface area contributed by atoms with Crippen LogP contribution < -0.4 is 51.4 Å². The molecule has 0 atom stereocenters. The van der Waals surface area contributed by atoms with E-state index in [9.17, 15) is 14.3 Å². The molecular weight excluding hydrogens is 318 g/mol. The zero-order valence-electron chi connectivity index (χ0n) is 9.41. The van der Waals surface area contributed by atoms with Crippen molar-refractivity contribution in [2.45, 2.75) is 24.7 Å². The van der Waals surface area contributed by atoms with Gasteiger partial charge in [0.2, 0.25) is 0 Å². The maximum atomic E-state index is 12.9. The number of carboxylic acids is 1. The molecule has 1 aromatic carbocycles. The van der Waals surface area contributed by atoms with Crippen LogP contribution in [-0.4, -0.2) is 16.6 Å². The molecule has 3 nitrogen and oxygen atoms in total. The standard InChI is InChI=1S/C11H10BrFO2.K.H2O/c12-9-6-7(13)2-3-8(9)11(10(14)15)4-1-5-11;;/h2-3,6H,1,4-5H2,(H,14,15);;1H2/q;+1;/p-1. The Balaban J connectivity index is 0.00000128. The smallest absolute Gasteiger partial charge is 0.870 e. The zero-order valence-corrected chi connectivity index (χ0v) is 14.1. The summed E-state index contributed by atoms with van der Waals surface area (Å²) in [5, 5.41) is 9.22. The quantitative estimate of drug-likeness (QED) is 0.772. The van der Waals surface area contributed by atoms with Crippen molar-refractivity contribution in [3.8, 4) is 0 Å². The van der Waals surface area contributed by atoms with Gasteiger partial charge in [0, 0.05) is 4.47 Å². The van der Waals surface area contributed by atoms with Gasteiger partial charge in [-0.05, 0) is 30.5 Å². The van der Waals surface area contributed by atoms with Crippen molar-refractivity contribution >= 4 is 21.9 Å². The van der Waals surface area contributed by atoms with Gasteiger partial charge >= 0.3 is 57.4 Å². The number of rotatable bonds is 2. The SMILES string of the molecule is O=C(O)C1(c2ccc(F)cc2Br)CCC1.[K+].[OH-]. The third-order valence-corrected chi connectivity index (χ3v) is 3.72. The van der Waals surface area contributed by atoms with Crippen LogP contribution in [0.4, 0.5) is 4.39 Å². The maximum absolute atomic E-state index is 12.9. The molecule has 0 radical (unpaired) electrons. The molecule has 17 heavy (non-hydrogen) atoms. The van der Waals surface area contributed by atoms with Crippen LogP contribution in [0.2, 0.25) is 0 Å². The van der Waals surface area contributed by atoms with Gasteiger partial charge in [0.05, 0.1) is 5.41 Å². The number of halogens is 2. The molecule has 1 aliphatic carbocycles. The first-order valence-electron chi connectivity index (χ1n) is 4.75. The molecule has 1 fully saturated rings. The maximum Gasteiger partial charge on any atom is 1.00 e. The molecule has 1 aromatic rings. The van der Waals surface area contributed by atoms with E-state index in [1.54, 1.807) is 6.07 Å². The number of hydrogen-bond acceptors (Lipinski definition) is 2. The topological polar surface area (TPSA) is 67.3 Å². The van der Waals surface area contributed by atoms with Crippen LogP contribution in [-0.2, 0) is 10.2 Å². The Morgan fingerprint density at radius 1 is 1.41 bits per heavy atom. The first kappa shape index (κ1) is 17.7. The molecule has 6 heteroatoms. The Bertz CT molecular complexity index is 421. The van der Waals surface area contributed by atoms with E-state index in [0.29, 0.717) is 22.9 Å². The second kappa shape index (κ2) is 6.74. The summed E-state index contributed by atoms with van der Waals surface area (Å²) in [7, 11) is 0. The molecule has 0 aromatic heterocycles. The van der Waals surface area contributed by atoms with Gasteiger partial charge in [-0.2, -0.15) is 0 Å². The third-order valence-electron chi connectivity index (χ3n) is 3.06. The van der Waals surface area contributed by atoms with E-state index in [4.69, 9.17) is 0 Å². The average molecular weight is 329 g/mol. The van der Waals surface area contributed by atoms with E-state index >= 15 is 0 Å². The number of benzene rings is 1. The average Bonchev–Trinajstić information content (AvgIpc) is 2.05. The molecule has 0 aliphatic heterocycles. The van der Waals surface area contributed by atoms with Crippen molar-refractivity contribution in [1.82, 2.24) is 0 Å². The van der Waals surface area contributed by atoms with Crippen molar-refractivity contribution < 1.29 is 71.2 Å². The van der Waals surface area contributed by atoms with Crippen LogP contribution in [0.1, 0.15) is 24.8 Å². The second-order valence-corrected chi connectivity index (χ2v) is 4.72. The van der Waals surface area contributed by atoms with Crippen LogP contribution in [0.3, 0.4) is 0 Å². The second-order valence-electron chi connectivity index (χ2n) is 3.86.